The zero-order valence-electron chi connectivity index (χ0n) is 8.13. The molecule has 0 N–H and O–H groups in total. The second-order valence-electron chi connectivity index (χ2n) is 2.92. The quantitative estimate of drug-likeness (QED) is 0.637. The summed E-state index contributed by atoms with van der Waals surface area (Å²) in [6.07, 6.45) is -11.5. The predicted octanol–water partition coefficient (Wildman–Crippen LogP) is 3.11. The summed E-state index contributed by atoms with van der Waals surface area (Å²) < 4.78 is 85.7. The summed E-state index contributed by atoms with van der Waals surface area (Å²) in [5.74, 6) is -1.25. The molecular formula is C8H3ClF5O3S-. The molecule has 0 fully saturated rings. The monoisotopic (exact) mass is 309 g/mol. The molecule has 1 aromatic rings. The van der Waals surface area contributed by atoms with Gasteiger partial charge in [-0.15, -0.1) is 0 Å². The minimum absolute atomic E-state index is 0.680. The van der Waals surface area contributed by atoms with Gasteiger partial charge in [-0.05, 0) is 23.2 Å². The van der Waals surface area contributed by atoms with Crippen molar-refractivity contribution in [3.63, 3.8) is 0 Å². The maximum Gasteiger partial charge on any atom is 0.499 e. The first kappa shape index (κ1) is 15.1. The van der Waals surface area contributed by atoms with Crippen LogP contribution in [-0.4, -0.2) is 21.0 Å². The Hall–Kier alpha value is -0.930. The van der Waals surface area contributed by atoms with E-state index in [4.69, 9.17) is 11.6 Å². The Bertz CT molecular complexity index is 476. The molecule has 0 aliphatic carbocycles. The standard InChI is InChI=1S/C8H4ClF5O3S/c9-4-2-1-3-5(18(15)16)6(4)17-8(13,14)7(10,11)12/h1-3H,(H,15,16)/p-1. The highest BCUT2D eigenvalue weighted by Crippen LogP contribution is 2.41. The van der Waals surface area contributed by atoms with Gasteiger partial charge in [0.25, 0.3) is 0 Å². The van der Waals surface area contributed by atoms with Crippen molar-refractivity contribution in [1.82, 2.24) is 0 Å². The van der Waals surface area contributed by atoms with Crippen molar-refractivity contribution >= 4 is 22.7 Å². The zero-order chi connectivity index (χ0) is 14.1. The van der Waals surface area contributed by atoms with E-state index in [1.807, 2.05) is 0 Å². The molecule has 0 heterocycles. The molecular weight excluding hydrogens is 307 g/mol. The third-order valence-corrected chi connectivity index (χ3v) is 2.65. The van der Waals surface area contributed by atoms with E-state index in [-0.39, 0.29) is 0 Å². The van der Waals surface area contributed by atoms with Gasteiger partial charge in [-0.2, -0.15) is 22.0 Å². The maximum absolute atomic E-state index is 12.6. The Morgan fingerprint density at radius 3 is 2.22 bits per heavy atom. The summed E-state index contributed by atoms with van der Waals surface area (Å²) in [5, 5.41) is -0.680. The molecule has 10 heteroatoms. The molecule has 0 aliphatic heterocycles. The third-order valence-electron chi connectivity index (χ3n) is 1.67. The summed E-state index contributed by atoms with van der Waals surface area (Å²) in [5.41, 5.74) is 0. The molecule has 0 radical (unpaired) electrons. The highest BCUT2D eigenvalue weighted by atomic mass is 35.5. The fraction of sp³-hybridized carbons (Fsp3) is 0.250. The summed E-state index contributed by atoms with van der Waals surface area (Å²) >= 11 is 2.26. The molecule has 0 saturated carbocycles. The molecule has 0 bridgehead atoms. The van der Waals surface area contributed by atoms with E-state index in [1.165, 1.54) is 0 Å². The van der Waals surface area contributed by atoms with Crippen LogP contribution in [0.2, 0.25) is 5.02 Å². The number of hydrogen-bond acceptors (Lipinski definition) is 3. The Labute approximate surface area is 105 Å². The fourth-order valence-electron chi connectivity index (χ4n) is 0.905. The van der Waals surface area contributed by atoms with Crippen LogP contribution in [0.5, 0.6) is 5.75 Å². The number of benzene rings is 1. The second kappa shape index (κ2) is 4.98. The molecule has 3 nitrogen and oxygen atoms in total. The Morgan fingerprint density at radius 1 is 1.22 bits per heavy atom. The summed E-state index contributed by atoms with van der Waals surface area (Å²) in [6, 6.07) is 2.75. The largest absolute Gasteiger partial charge is 0.768 e. The molecule has 1 rings (SSSR count). The lowest BCUT2D eigenvalue weighted by Crippen LogP contribution is -2.42. The molecule has 0 saturated heterocycles. The smallest absolute Gasteiger partial charge is 0.499 e. The number of rotatable bonds is 3. The van der Waals surface area contributed by atoms with Crippen molar-refractivity contribution in [2.24, 2.45) is 0 Å². The van der Waals surface area contributed by atoms with E-state index >= 15 is 0 Å². The average Bonchev–Trinajstić information content (AvgIpc) is 2.18. The Kier molecular flexibility index (Phi) is 4.19. The molecule has 0 amide bonds. The summed E-state index contributed by atoms with van der Waals surface area (Å²) in [4.78, 5) is -0.897. The van der Waals surface area contributed by atoms with Crippen LogP contribution in [0.4, 0.5) is 22.0 Å². The highest BCUT2D eigenvalue weighted by molar-refractivity contribution is 7.79. The van der Waals surface area contributed by atoms with Crippen molar-refractivity contribution in [3.8, 4) is 5.75 Å². The number of alkyl halides is 5. The van der Waals surface area contributed by atoms with E-state index in [0.717, 1.165) is 18.2 Å². The number of ether oxygens (including phenoxy) is 1. The van der Waals surface area contributed by atoms with Gasteiger partial charge in [0.05, 0.1) is 9.92 Å². The van der Waals surface area contributed by atoms with Gasteiger partial charge < -0.3 is 9.29 Å². The molecule has 0 aromatic heterocycles. The van der Waals surface area contributed by atoms with Crippen molar-refractivity contribution in [2.75, 3.05) is 0 Å². The van der Waals surface area contributed by atoms with E-state index in [9.17, 15) is 30.7 Å². The van der Waals surface area contributed by atoms with Crippen LogP contribution in [-0.2, 0) is 11.1 Å². The highest BCUT2D eigenvalue weighted by Gasteiger charge is 2.61. The second-order valence-corrected chi connectivity index (χ2v) is 4.23. The molecule has 1 aromatic carbocycles. The average molecular weight is 310 g/mol. The van der Waals surface area contributed by atoms with Gasteiger partial charge in [0.1, 0.15) is 0 Å². The molecule has 0 spiro atoms. The van der Waals surface area contributed by atoms with Crippen LogP contribution >= 0.6 is 11.6 Å². The molecule has 102 valence electrons. The normalized spacial score (nSPS) is 14.4. The van der Waals surface area contributed by atoms with Gasteiger partial charge in [-0.25, -0.2) is 0 Å². The van der Waals surface area contributed by atoms with Gasteiger partial charge in [-0.3, -0.25) is 4.21 Å². The molecule has 0 aliphatic rings. The number of halogens is 6. The van der Waals surface area contributed by atoms with Crippen LogP contribution < -0.4 is 4.74 Å². The van der Waals surface area contributed by atoms with Gasteiger partial charge in [0, 0.05) is 0 Å². The zero-order valence-corrected chi connectivity index (χ0v) is 9.71. The van der Waals surface area contributed by atoms with Gasteiger partial charge in [0.2, 0.25) is 0 Å². The first-order valence-electron chi connectivity index (χ1n) is 4.07. The molecule has 1 atom stereocenters. The number of para-hydroxylation sites is 1. The minimum atomic E-state index is -5.99. The number of hydrogen-bond donors (Lipinski definition) is 0. The summed E-state index contributed by atoms with van der Waals surface area (Å²) in [7, 11) is 0. The first-order chi connectivity index (χ1) is 8.06. The van der Waals surface area contributed by atoms with E-state index in [2.05, 4.69) is 4.74 Å². The molecule has 18 heavy (non-hydrogen) atoms. The van der Waals surface area contributed by atoms with E-state index in [0.29, 0.717) is 0 Å². The lowest BCUT2D eigenvalue weighted by Gasteiger charge is -2.22. The van der Waals surface area contributed by atoms with Crippen LogP contribution in [0.15, 0.2) is 23.1 Å². The van der Waals surface area contributed by atoms with Crippen LogP contribution in [0.3, 0.4) is 0 Å². The van der Waals surface area contributed by atoms with E-state index in [1.54, 1.807) is 0 Å². The van der Waals surface area contributed by atoms with Crippen molar-refractivity contribution < 1.29 is 35.5 Å². The van der Waals surface area contributed by atoms with E-state index < -0.39 is 39.0 Å². The van der Waals surface area contributed by atoms with Crippen LogP contribution in [0, 0.1) is 0 Å². The lowest BCUT2D eigenvalue weighted by atomic mass is 10.3. The van der Waals surface area contributed by atoms with Crippen molar-refractivity contribution in [3.05, 3.63) is 23.2 Å². The van der Waals surface area contributed by atoms with Crippen molar-refractivity contribution in [1.29, 1.82) is 0 Å². The third kappa shape index (κ3) is 3.09. The minimum Gasteiger partial charge on any atom is -0.768 e. The Balaban J connectivity index is 3.23. The molecule has 1 unspecified atom stereocenters. The predicted molar refractivity (Wildman–Crippen MR) is 50.3 cm³/mol. The Morgan fingerprint density at radius 2 is 1.78 bits per heavy atom. The van der Waals surface area contributed by atoms with Gasteiger partial charge in [-0.1, -0.05) is 17.7 Å². The van der Waals surface area contributed by atoms with Crippen molar-refractivity contribution in [2.45, 2.75) is 17.2 Å². The maximum atomic E-state index is 12.6. The lowest BCUT2D eigenvalue weighted by molar-refractivity contribution is -0.361. The van der Waals surface area contributed by atoms with Crippen LogP contribution in [0.1, 0.15) is 0 Å². The topological polar surface area (TPSA) is 49.4 Å². The summed E-state index contributed by atoms with van der Waals surface area (Å²) in [6.45, 7) is 0. The van der Waals surface area contributed by atoms with Gasteiger partial charge in [0.15, 0.2) is 5.75 Å². The SMILES string of the molecule is O=S([O-])c1cccc(Cl)c1OC(F)(F)C(F)(F)F. The van der Waals surface area contributed by atoms with Crippen LogP contribution in [0.25, 0.3) is 0 Å². The fourth-order valence-corrected chi connectivity index (χ4v) is 1.67. The first-order valence-corrected chi connectivity index (χ1v) is 5.53. The van der Waals surface area contributed by atoms with Gasteiger partial charge >= 0.3 is 12.3 Å².